The molecule has 3 aromatic rings. The maximum absolute atomic E-state index is 13.1. The number of rotatable bonds is 6. The molecule has 2 bridgehead atoms. The standard InChI is InChI=1S/C28H29Cl2N3O2S/c29-22-15-23(30)17-25(16-22)36(34)32-12-10-31(11-13-32)24-6-7-26-21-8-9-33(28(14-21)27(26)18-24)35-19-20-4-2-1-3-5-20/h1-7,15-18,21,28H,8-14,19H2. The Balaban J connectivity index is 1.12. The lowest BCUT2D eigenvalue weighted by molar-refractivity contribution is -0.207. The molecule has 6 rings (SSSR count). The van der Waals surface area contributed by atoms with E-state index in [0.717, 1.165) is 32.5 Å². The second kappa shape index (κ2) is 10.5. The monoisotopic (exact) mass is 541 g/mol. The molecule has 5 nitrogen and oxygen atoms in total. The molecule has 1 aliphatic carbocycles. The number of hydrogen-bond acceptors (Lipinski definition) is 5. The van der Waals surface area contributed by atoms with Gasteiger partial charge in [0.1, 0.15) is 0 Å². The quantitative estimate of drug-likeness (QED) is 0.347. The van der Waals surface area contributed by atoms with Gasteiger partial charge in [-0.15, -0.1) is 4.31 Å². The lowest BCUT2D eigenvalue weighted by Crippen LogP contribution is -2.48. The van der Waals surface area contributed by atoms with Gasteiger partial charge in [-0.05, 0) is 53.6 Å². The van der Waals surface area contributed by atoms with Crippen LogP contribution in [0.25, 0.3) is 0 Å². The lowest BCUT2D eigenvalue weighted by atomic mass is 9.96. The topological polar surface area (TPSA) is 42.0 Å². The van der Waals surface area contributed by atoms with Crippen LogP contribution in [0, 0.1) is 0 Å². The molecule has 0 radical (unpaired) electrons. The zero-order chi connectivity index (χ0) is 24.6. The van der Waals surface area contributed by atoms with Crippen molar-refractivity contribution >= 4 is 40.3 Å². The molecule has 3 aliphatic rings. The van der Waals surface area contributed by atoms with E-state index in [9.17, 15) is 4.55 Å². The van der Waals surface area contributed by atoms with Crippen molar-refractivity contribution in [2.75, 3.05) is 37.6 Å². The molecule has 2 aliphatic heterocycles. The SMILES string of the molecule is [O-][S+](c1cc(Cl)cc(Cl)c1)N1CCN(c2ccc3c(c2)C2CC3CCN2OCc2ccccc2)CC1. The van der Waals surface area contributed by atoms with Gasteiger partial charge in [0, 0.05) is 47.5 Å². The molecule has 3 atom stereocenters. The minimum Gasteiger partial charge on any atom is -0.593 e. The van der Waals surface area contributed by atoms with E-state index < -0.39 is 11.4 Å². The summed E-state index contributed by atoms with van der Waals surface area (Å²) < 4.78 is 15.1. The first kappa shape index (κ1) is 24.6. The molecule has 188 valence electrons. The van der Waals surface area contributed by atoms with E-state index >= 15 is 0 Å². The van der Waals surface area contributed by atoms with Gasteiger partial charge in [0.2, 0.25) is 0 Å². The summed E-state index contributed by atoms with van der Waals surface area (Å²) in [6.45, 7) is 4.64. The first-order valence-electron chi connectivity index (χ1n) is 12.5. The van der Waals surface area contributed by atoms with Crippen LogP contribution in [-0.4, -0.2) is 46.6 Å². The third kappa shape index (κ3) is 5.01. The van der Waals surface area contributed by atoms with Gasteiger partial charge >= 0.3 is 0 Å². The first-order valence-corrected chi connectivity index (χ1v) is 14.4. The van der Waals surface area contributed by atoms with Crippen molar-refractivity contribution in [3.8, 4) is 0 Å². The summed E-state index contributed by atoms with van der Waals surface area (Å²) in [7, 11) is 0. The Kier molecular flexibility index (Phi) is 7.19. The van der Waals surface area contributed by atoms with Crippen LogP contribution in [0.3, 0.4) is 0 Å². The van der Waals surface area contributed by atoms with Crippen molar-refractivity contribution in [3.63, 3.8) is 0 Å². The second-order valence-electron chi connectivity index (χ2n) is 9.72. The number of hydrogen-bond donors (Lipinski definition) is 0. The average Bonchev–Trinajstić information content (AvgIpc) is 3.19. The Hall–Kier alpha value is -1.77. The summed E-state index contributed by atoms with van der Waals surface area (Å²) in [4.78, 5) is 9.35. The molecule has 2 heterocycles. The van der Waals surface area contributed by atoms with Gasteiger partial charge < -0.3 is 9.45 Å². The minimum absolute atomic E-state index is 0.309. The maximum Gasteiger partial charge on any atom is 0.177 e. The average molecular weight is 543 g/mol. The fourth-order valence-electron chi connectivity index (χ4n) is 5.70. The highest BCUT2D eigenvalue weighted by Crippen LogP contribution is 2.50. The molecule has 0 saturated carbocycles. The summed E-state index contributed by atoms with van der Waals surface area (Å²) in [5.74, 6) is 0.624. The van der Waals surface area contributed by atoms with E-state index in [-0.39, 0.29) is 0 Å². The maximum atomic E-state index is 13.1. The highest BCUT2D eigenvalue weighted by atomic mass is 35.5. The summed E-state index contributed by atoms with van der Waals surface area (Å²) >= 11 is 11.0. The van der Waals surface area contributed by atoms with Crippen LogP contribution in [0.1, 0.15) is 41.5 Å². The predicted molar refractivity (Wildman–Crippen MR) is 146 cm³/mol. The Morgan fingerprint density at radius 3 is 2.36 bits per heavy atom. The zero-order valence-electron chi connectivity index (χ0n) is 20.0. The number of benzene rings is 3. The van der Waals surface area contributed by atoms with E-state index in [1.54, 1.807) is 18.2 Å². The first-order chi connectivity index (χ1) is 17.5. The molecule has 3 aromatic carbocycles. The van der Waals surface area contributed by atoms with E-state index in [1.807, 2.05) is 10.4 Å². The molecule has 2 saturated heterocycles. The highest BCUT2D eigenvalue weighted by molar-refractivity contribution is 7.89. The van der Waals surface area contributed by atoms with Crippen molar-refractivity contribution in [2.45, 2.75) is 36.3 Å². The van der Waals surface area contributed by atoms with E-state index in [0.29, 0.717) is 46.6 Å². The highest BCUT2D eigenvalue weighted by Gasteiger charge is 2.40. The van der Waals surface area contributed by atoms with E-state index in [1.165, 1.54) is 22.4 Å². The Morgan fingerprint density at radius 1 is 0.861 bits per heavy atom. The Bertz CT molecular complexity index is 1200. The molecule has 0 aromatic heterocycles. The van der Waals surface area contributed by atoms with Crippen molar-refractivity contribution < 1.29 is 9.39 Å². The molecular weight excluding hydrogens is 513 g/mol. The summed E-state index contributed by atoms with van der Waals surface area (Å²) in [5, 5.41) is 3.22. The normalized spacial score (nSPS) is 23.0. The van der Waals surface area contributed by atoms with Crippen molar-refractivity contribution in [3.05, 3.63) is 93.5 Å². The zero-order valence-corrected chi connectivity index (χ0v) is 22.3. The van der Waals surface area contributed by atoms with Crippen LogP contribution in [0.5, 0.6) is 0 Å². The third-order valence-electron chi connectivity index (χ3n) is 7.54. The molecule has 0 spiro atoms. The van der Waals surface area contributed by atoms with E-state index in [2.05, 4.69) is 52.4 Å². The van der Waals surface area contributed by atoms with Crippen molar-refractivity contribution in [2.24, 2.45) is 0 Å². The summed E-state index contributed by atoms with van der Waals surface area (Å²) in [5.41, 5.74) is 5.32. The van der Waals surface area contributed by atoms with Gasteiger partial charge in [-0.1, -0.05) is 59.6 Å². The molecule has 2 fully saturated rings. The number of nitrogens with zero attached hydrogens (tertiary/aromatic N) is 3. The van der Waals surface area contributed by atoms with Crippen LogP contribution in [-0.2, 0) is 22.8 Å². The molecule has 8 heteroatoms. The molecule has 3 unspecified atom stereocenters. The number of piperazine rings is 1. The van der Waals surface area contributed by atoms with Crippen molar-refractivity contribution in [1.82, 2.24) is 9.37 Å². The summed E-state index contributed by atoms with van der Waals surface area (Å²) in [6.07, 6.45) is 2.26. The van der Waals surface area contributed by atoms with Gasteiger partial charge in [0.15, 0.2) is 4.90 Å². The van der Waals surface area contributed by atoms with Gasteiger partial charge in [-0.3, -0.25) is 4.84 Å². The molecule has 36 heavy (non-hydrogen) atoms. The van der Waals surface area contributed by atoms with Crippen LogP contribution in [0.2, 0.25) is 10.0 Å². The molecule has 0 N–H and O–H groups in total. The Morgan fingerprint density at radius 2 is 1.61 bits per heavy atom. The second-order valence-corrected chi connectivity index (χ2v) is 12.1. The van der Waals surface area contributed by atoms with Crippen LogP contribution < -0.4 is 4.90 Å². The lowest BCUT2D eigenvalue weighted by Gasteiger charge is -2.36. The predicted octanol–water partition coefficient (Wildman–Crippen LogP) is 6.20. The number of piperidine rings is 1. The molecular formula is C28H29Cl2N3O2S. The minimum atomic E-state index is -1.27. The summed E-state index contributed by atoms with van der Waals surface area (Å²) in [6, 6.07) is 22.8. The van der Waals surface area contributed by atoms with Gasteiger partial charge in [-0.2, -0.15) is 5.06 Å². The smallest absolute Gasteiger partial charge is 0.177 e. The van der Waals surface area contributed by atoms with E-state index in [4.69, 9.17) is 28.0 Å². The Labute approximate surface area is 225 Å². The third-order valence-corrected chi connectivity index (χ3v) is 9.45. The largest absolute Gasteiger partial charge is 0.593 e. The number of anilines is 1. The van der Waals surface area contributed by atoms with Gasteiger partial charge in [-0.25, -0.2) is 0 Å². The fourth-order valence-corrected chi connectivity index (χ4v) is 7.61. The fraction of sp³-hybridized carbons (Fsp3) is 0.357. The van der Waals surface area contributed by atoms with Gasteiger partial charge in [0.25, 0.3) is 0 Å². The molecule has 0 amide bonds. The van der Waals surface area contributed by atoms with Crippen molar-refractivity contribution in [1.29, 1.82) is 0 Å². The number of fused-ring (bicyclic) bond motifs is 5. The van der Waals surface area contributed by atoms with Crippen LogP contribution in [0.4, 0.5) is 5.69 Å². The van der Waals surface area contributed by atoms with Gasteiger partial charge in [0.05, 0.1) is 37.1 Å². The number of hydroxylamine groups is 2. The number of halogens is 2. The van der Waals surface area contributed by atoms with Crippen LogP contribution in [0.15, 0.2) is 71.6 Å². The van der Waals surface area contributed by atoms with Crippen LogP contribution >= 0.6 is 23.2 Å².